The lowest BCUT2D eigenvalue weighted by atomic mass is 10.0. The van der Waals surface area contributed by atoms with E-state index in [2.05, 4.69) is 29.3 Å². The van der Waals surface area contributed by atoms with Crippen molar-refractivity contribution in [3.63, 3.8) is 0 Å². The molecule has 1 unspecified atom stereocenters. The number of nitrogens with zero attached hydrogens (tertiary/aromatic N) is 2. The van der Waals surface area contributed by atoms with Crippen LogP contribution in [-0.2, 0) is 11.3 Å². The summed E-state index contributed by atoms with van der Waals surface area (Å²) < 4.78 is 0. The monoisotopic (exact) mass is 411 g/mol. The summed E-state index contributed by atoms with van der Waals surface area (Å²) >= 11 is 1.42. The minimum absolute atomic E-state index is 0.0383. The number of hydrogen-bond acceptors (Lipinski definition) is 4. The lowest BCUT2D eigenvalue weighted by molar-refractivity contribution is -0.119. The Labute approximate surface area is 176 Å². The van der Waals surface area contributed by atoms with Crippen molar-refractivity contribution in [3.8, 4) is 0 Å². The van der Waals surface area contributed by atoms with Crippen molar-refractivity contribution in [2.45, 2.75) is 57.7 Å². The molecule has 1 aromatic carbocycles. The van der Waals surface area contributed by atoms with E-state index in [1.54, 1.807) is 4.90 Å². The van der Waals surface area contributed by atoms with Gasteiger partial charge in [0.25, 0.3) is 5.91 Å². The fraction of sp³-hybridized carbons (Fsp3) is 0.478. The SMILES string of the molecule is CC1CCCCN1Cc1ccc(NC(=O)[C@@H]2CCCN2C(=O)c2cccs2)cc1. The van der Waals surface area contributed by atoms with Crippen LogP contribution in [0.2, 0.25) is 0 Å². The van der Waals surface area contributed by atoms with E-state index in [4.69, 9.17) is 0 Å². The van der Waals surface area contributed by atoms with E-state index >= 15 is 0 Å². The lowest BCUT2D eigenvalue weighted by Gasteiger charge is -2.33. The highest BCUT2D eigenvalue weighted by molar-refractivity contribution is 7.12. The predicted molar refractivity (Wildman–Crippen MR) is 117 cm³/mol. The number of nitrogens with one attached hydrogen (secondary N) is 1. The van der Waals surface area contributed by atoms with Crippen LogP contribution in [0, 0.1) is 0 Å². The van der Waals surface area contributed by atoms with E-state index in [1.165, 1.54) is 36.2 Å². The summed E-state index contributed by atoms with van der Waals surface area (Å²) in [6.45, 7) is 5.07. The van der Waals surface area contributed by atoms with Crippen molar-refractivity contribution in [1.82, 2.24) is 9.80 Å². The number of carbonyl (C=O) groups is 2. The first-order chi connectivity index (χ1) is 14.1. The molecule has 29 heavy (non-hydrogen) atoms. The van der Waals surface area contributed by atoms with Gasteiger partial charge < -0.3 is 10.2 Å². The highest BCUT2D eigenvalue weighted by Crippen LogP contribution is 2.24. The van der Waals surface area contributed by atoms with Crippen molar-refractivity contribution in [1.29, 1.82) is 0 Å². The van der Waals surface area contributed by atoms with Crippen LogP contribution >= 0.6 is 11.3 Å². The Balaban J connectivity index is 1.36. The Morgan fingerprint density at radius 3 is 2.62 bits per heavy atom. The van der Waals surface area contributed by atoms with Gasteiger partial charge in [0.1, 0.15) is 6.04 Å². The van der Waals surface area contributed by atoms with Gasteiger partial charge in [0.05, 0.1) is 4.88 Å². The van der Waals surface area contributed by atoms with Gasteiger partial charge in [-0.3, -0.25) is 14.5 Å². The average Bonchev–Trinajstić information content (AvgIpc) is 3.43. The smallest absolute Gasteiger partial charge is 0.264 e. The van der Waals surface area contributed by atoms with Crippen molar-refractivity contribution in [3.05, 3.63) is 52.2 Å². The normalized spacial score (nSPS) is 22.6. The fourth-order valence-corrected chi connectivity index (χ4v) is 5.05. The van der Waals surface area contributed by atoms with E-state index < -0.39 is 6.04 Å². The second-order valence-electron chi connectivity index (χ2n) is 8.14. The van der Waals surface area contributed by atoms with Crippen molar-refractivity contribution in [2.75, 3.05) is 18.4 Å². The van der Waals surface area contributed by atoms with Crippen LogP contribution in [0.5, 0.6) is 0 Å². The maximum atomic E-state index is 12.8. The molecule has 0 spiro atoms. The first kappa shape index (κ1) is 20.1. The summed E-state index contributed by atoms with van der Waals surface area (Å²) in [6.07, 6.45) is 5.46. The molecule has 2 fully saturated rings. The van der Waals surface area contributed by atoms with Gasteiger partial charge in [-0.05, 0) is 68.3 Å². The lowest BCUT2D eigenvalue weighted by Crippen LogP contribution is -2.42. The van der Waals surface area contributed by atoms with Gasteiger partial charge in [-0.15, -0.1) is 11.3 Å². The minimum atomic E-state index is -0.390. The molecule has 0 aliphatic carbocycles. The van der Waals surface area contributed by atoms with Crippen LogP contribution in [0.3, 0.4) is 0 Å². The number of piperidine rings is 1. The number of rotatable bonds is 5. The maximum absolute atomic E-state index is 12.8. The molecule has 1 N–H and O–H groups in total. The van der Waals surface area contributed by atoms with Gasteiger partial charge in [-0.25, -0.2) is 0 Å². The molecule has 1 aromatic heterocycles. The van der Waals surface area contributed by atoms with Gasteiger partial charge >= 0.3 is 0 Å². The Morgan fingerprint density at radius 2 is 1.90 bits per heavy atom. The number of hydrogen-bond donors (Lipinski definition) is 1. The highest BCUT2D eigenvalue weighted by atomic mass is 32.1. The summed E-state index contributed by atoms with van der Waals surface area (Å²) in [4.78, 5) is 30.5. The highest BCUT2D eigenvalue weighted by Gasteiger charge is 2.34. The molecule has 6 heteroatoms. The van der Waals surface area contributed by atoms with Crippen molar-refractivity contribution in [2.24, 2.45) is 0 Å². The molecule has 2 saturated heterocycles. The topological polar surface area (TPSA) is 52.7 Å². The number of benzene rings is 1. The largest absolute Gasteiger partial charge is 0.326 e. The molecule has 2 aromatic rings. The van der Waals surface area contributed by atoms with E-state index in [0.717, 1.165) is 25.2 Å². The Morgan fingerprint density at radius 1 is 1.07 bits per heavy atom. The fourth-order valence-electron chi connectivity index (χ4n) is 4.37. The number of thiophene rings is 1. The molecule has 0 bridgehead atoms. The van der Waals surface area contributed by atoms with E-state index in [1.807, 2.05) is 29.6 Å². The van der Waals surface area contributed by atoms with Crippen LogP contribution in [0.1, 0.15) is 54.3 Å². The second kappa shape index (κ2) is 9.09. The van der Waals surface area contributed by atoms with Crippen molar-refractivity contribution < 1.29 is 9.59 Å². The average molecular weight is 412 g/mol. The van der Waals surface area contributed by atoms with Gasteiger partial charge in [0.15, 0.2) is 0 Å². The standard InChI is InChI=1S/C23H29N3O2S/c1-17-6-2-3-13-25(17)16-18-9-11-19(12-10-18)24-22(27)20-7-4-14-26(20)23(28)21-8-5-15-29-21/h5,8-12,15,17,20H,2-4,6-7,13-14,16H2,1H3,(H,24,27)/t17?,20-/m0/s1. The number of carbonyl (C=O) groups excluding carboxylic acids is 2. The zero-order chi connectivity index (χ0) is 20.2. The predicted octanol–water partition coefficient (Wildman–Crippen LogP) is 4.37. The summed E-state index contributed by atoms with van der Waals surface area (Å²) in [6, 6.07) is 12.1. The first-order valence-corrected chi connectivity index (χ1v) is 11.5. The van der Waals surface area contributed by atoms with Crippen LogP contribution in [0.4, 0.5) is 5.69 Å². The first-order valence-electron chi connectivity index (χ1n) is 10.6. The van der Waals surface area contributed by atoms with E-state index in [-0.39, 0.29) is 11.8 Å². The van der Waals surface area contributed by atoms with Crippen LogP contribution in [0.15, 0.2) is 41.8 Å². The molecule has 4 rings (SSSR count). The molecule has 154 valence electrons. The molecule has 2 aliphatic heterocycles. The Kier molecular flexibility index (Phi) is 6.31. The van der Waals surface area contributed by atoms with Gasteiger partial charge in [-0.1, -0.05) is 24.6 Å². The summed E-state index contributed by atoms with van der Waals surface area (Å²) in [5.74, 6) is -0.131. The molecule has 2 aliphatic rings. The maximum Gasteiger partial charge on any atom is 0.264 e. The number of likely N-dealkylation sites (tertiary alicyclic amines) is 2. The van der Waals surface area contributed by atoms with E-state index in [9.17, 15) is 9.59 Å². The molecule has 0 saturated carbocycles. The van der Waals surface area contributed by atoms with Crippen molar-refractivity contribution >= 4 is 28.8 Å². The zero-order valence-electron chi connectivity index (χ0n) is 17.0. The molecular formula is C23H29N3O2S. The minimum Gasteiger partial charge on any atom is -0.326 e. The summed E-state index contributed by atoms with van der Waals surface area (Å²) in [5.41, 5.74) is 2.06. The zero-order valence-corrected chi connectivity index (χ0v) is 17.8. The molecule has 2 atom stereocenters. The second-order valence-corrected chi connectivity index (χ2v) is 9.08. The van der Waals surface area contributed by atoms with Crippen LogP contribution in [0.25, 0.3) is 0 Å². The summed E-state index contributed by atoms with van der Waals surface area (Å²) in [5, 5.41) is 4.90. The molecule has 3 heterocycles. The van der Waals surface area contributed by atoms with Crippen LogP contribution < -0.4 is 5.32 Å². The van der Waals surface area contributed by atoms with Gasteiger partial charge in [0, 0.05) is 24.8 Å². The summed E-state index contributed by atoms with van der Waals surface area (Å²) in [7, 11) is 0. The quantitative estimate of drug-likeness (QED) is 0.795. The Bertz CT molecular complexity index is 834. The molecule has 5 nitrogen and oxygen atoms in total. The third-order valence-corrected chi connectivity index (χ3v) is 6.95. The van der Waals surface area contributed by atoms with Gasteiger partial charge in [0.2, 0.25) is 5.91 Å². The van der Waals surface area contributed by atoms with E-state index in [0.29, 0.717) is 23.9 Å². The molecule has 2 amide bonds. The van der Waals surface area contributed by atoms with Crippen LogP contribution in [-0.4, -0.2) is 46.8 Å². The molecular weight excluding hydrogens is 382 g/mol. The molecule has 0 radical (unpaired) electrons. The Hall–Kier alpha value is -2.18. The third-order valence-electron chi connectivity index (χ3n) is 6.10. The third kappa shape index (κ3) is 4.70. The van der Waals surface area contributed by atoms with Gasteiger partial charge in [-0.2, -0.15) is 0 Å². The number of anilines is 1. The number of amides is 2.